The Morgan fingerprint density at radius 1 is 1.50 bits per heavy atom. The van der Waals surface area contributed by atoms with Crippen molar-refractivity contribution in [3.63, 3.8) is 0 Å². The lowest BCUT2D eigenvalue weighted by Gasteiger charge is -2.11. The van der Waals surface area contributed by atoms with Gasteiger partial charge in [-0.3, -0.25) is 0 Å². The first-order chi connectivity index (χ1) is 4.48. The molecule has 0 saturated heterocycles. The van der Waals surface area contributed by atoms with Crippen molar-refractivity contribution in [2.24, 2.45) is 0 Å². The Kier molecular flexibility index (Phi) is 4.87. The van der Waals surface area contributed by atoms with Crippen LogP contribution >= 0.6 is 31.9 Å². The summed E-state index contributed by atoms with van der Waals surface area (Å²) in [5.74, 6) is 0. The van der Waals surface area contributed by atoms with Crippen molar-refractivity contribution in [1.29, 1.82) is 0 Å². The summed E-state index contributed by atoms with van der Waals surface area (Å²) >= 11 is 6.82. The lowest BCUT2D eigenvalue weighted by Crippen LogP contribution is -2.19. The number of alkyl halides is 1. The Hall–Kier alpha value is 0.697. The molecule has 0 aliphatic heterocycles. The maximum atomic E-state index is 3.51. The highest BCUT2D eigenvalue weighted by Gasteiger charge is 2.16. The van der Waals surface area contributed by atoms with Crippen LogP contribution in [0.25, 0.3) is 0 Å². The van der Waals surface area contributed by atoms with Gasteiger partial charge in [-0.2, -0.15) is 0 Å². The molecular formula is C7H12Br2Si. The molecule has 0 rings (SSSR count). The summed E-state index contributed by atoms with van der Waals surface area (Å²) in [4.78, 5) is 0. The molecule has 0 aromatic heterocycles. The molecule has 58 valence electrons. The molecule has 0 spiro atoms. The van der Waals surface area contributed by atoms with Gasteiger partial charge in [-0.1, -0.05) is 51.5 Å². The van der Waals surface area contributed by atoms with Crippen molar-refractivity contribution in [2.45, 2.75) is 19.6 Å². The van der Waals surface area contributed by atoms with Crippen LogP contribution in [0.5, 0.6) is 0 Å². The lowest BCUT2D eigenvalue weighted by atomic mass is 10.7. The van der Waals surface area contributed by atoms with Crippen molar-refractivity contribution < 1.29 is 0 Å². The van der Waals surface area contributed by atoms with Gasteiger partial charge in [0.1, 0.15) is 0 Å². The van der Waals surface area contributed by atoms with Crippen LogP contribution in [0.4, 0.5) is 0 Å². The van der Waals surface area contributed by atoms with E-state index in [0.717, 1.165) is 5.33 Å². The molecule has 10 heavy (non-hydrogen) atoms. The second kappa shape index (κ2) is 4.55. The van der Waals surface area contributed by atoms with Gasteiger partial charge in [0.05, 0.1) is 8.07 Å². The summed E-state index contributed by atoms with van der Waals surface area (Å²) in [6.07, 6.45) is 1.99. The molecule has 0 radical (unpaired) electrons. The minimum Gasteiger partial charge on any atom is -0.118 e. The molecule has 0 aromatic carbocycles. The van der Waals surface area contributed by atoms with Crippen molar-refractivity contribution >= 4 is 39.9 Å². The third-order valence-electron chi connectivity index (χ3n) is 0.964. The standard InChI is InChI=1S/C7H12Br2Si/c1-10(2,3)7(9)5-4-6-8/h4H,6H2,1-3H3. The Bertz CT molecular complexity index is 161. The predicted octanol–water partition coefficient (Wildman–Crippen LogP) is 3.69. The summed E-state index contributed by atoms with van der Waals surface area (Å²) in [5.41, 5.74) is 3.20. The fourth-order valence-corrected chi connectivity index (χ4v) is 1.20. The molecule has 0 saturated carbocycles. The zero-order valence-electron chi connectivity index (χ0n) is 6.54. The van der Waals surface area contributed by atoms with Crippen LogP contribution in [0.2, 0.25) is 19.6 Å². The van der Waals surface area contributed by atoms with Crippen LogP contribution in [-0.2, 0) is 0 Å². The second-order valence-electron chi connectivity index (χ2n) is 3.07. The minimum atomic E-state index is -1.13. The van der Waals surface area contributed by atoms with Crippen LogP contribution in [-0.4, -0.2) is 13.4 Å². The Morgan fingerprint density at radius 2 is 2.00 bits per heavy atom. The van der Waals surface area contributed by atoms with E-state index in [1.54, 1.807) is 0 Å². The summed E-state index contributed by atoms with van der Waals surface area (Å²) in [5, 5.41) is 0.882. The van der Waals surface area contributed by atoms with E-state index < -0.39 is 8.07 Å². The molecule has 0 heterocycles. The topological polar surface area (TPSA) is 0 Å². The summed E-state index contributed by atoms with van der Waals surface area (Å²) < 4.78 is 1.25. The van der Waals surface area contributed by atoms with E-state index in [0.29, 0.717) is 0 Å². The molecule has 0 aromatic rings. The summed E-state index contributed by atoms with van der Waals surface area (Å²) in [6.45, 7) is 6.85. The van der Waals surface area contributed by atoms with E-state index in [1.807, 2.05) is 6.08 Å². The maximum absolute atomic E-state index is 3.51. The molecule has 0 atom stereocenters. The average Bonchev–Trinajstić information content (AvgIpc) is 1.80. The Morgan fingerprint density at radius 3 is 2.30 bits per heavy atom. The van der Waals surface area contributed by atoms with E-state index in [9.17, 15) is 0 Å². The van der Waals surface area contributed by atoms with Gasteiger partial charge in [-0.05, 0) is 6.08 Å². The van der Waals surface area contributed by atoms with Crippen LogP contribution < -0.4 is 0 Å². The third-order valence-corrected chi connectivity index (χ3v) is 6.55. The zero-order valence-corrected chi connectivity index (χ0v) is 10.7. The smallest absolute Gasteiger partial charge is 0.0966 e. The number of halogens is 2. The van der Waals surface area contributed by atoms with E-state index in [1.165, 1.54) is 4.11 Å². The van der Waals surface area contributed by atoms with Crippen LogP contribution in [0.1, 0.15) is 0 Å². The van der Waals surface area contributed by atoms with Gasteiger partial charge in [0.25, 0.3) is 0 Å². The Balaban J connectivity index is 4.34. The highest BCUT2D eigenvalue weighted by Crippen LogP contribution is 2.18. The molecular weight excluding hydrogens is 272 g/mol. The number of allylic oxidation sites excluding steroid dienone is 1. The van der Waals surface area contributed by atoms with Gasteiger partial charge >= 0.3 is 0 Å². The molecule has 0 bridgehead atoms. The second-order valence-corrected chi connectivity index (χ2v) is 10.2. The highest BCUT2D eigenvalue weighted by molar-refractivity contribution is 9.12. The van der Waals surface area contributed by atoms with Gasteiger partial charge < -0.3 is 0 Å². The van der Waals surface area contributed by atoms with E-state index in [2.05, 4.69) is 57.2 Å². The van der Waals surface area contributed by atoms with Gasteiger partial charge in [0.2, 0.25) is 0 Å². The largest absolute Gasteiger partial charge is 0.118 e. The van der Waals surface area contributed by atoms with E-state index in [-0.39, 0.29) is 0 Å². The maximum Gasteiger partial charge on any atom is 0.0966 e. The van der Waals surface area contributed by atoms with Gasteiger partial charge in [0.15, 0.2) is 0 Å². The number of hydrogen-bond donors (Lipinski definition) is 0. The number of hydrogen-bond acceptors (Lipinski definition) is 0. The molecule has 0 N–H and O–H groups in total. The Labute approximate surface area is 80.7 Å². The average molecular weight is 284 g/mol. The van der Waals surface area contributed by atoms with Gasteiger partial charge in [-0.25, -0.2) is 0 Å². The van der Waals surface area contributed by atoms with Crippen LogP contribution in [0, 0.1) is 0 Å². The van der Waals surface area contributed by atoms with Gasteiger partial charge in [0, 0.05) is 9.44 Å². The fraction of sp³-hybridized carbons (Fsp3) is 0.571. The molecule has 3 heteroatoms. The number of rotatable bonds is 2. The molecule has 0 aliphatic carbocycles. The molecule has 0 unspecified atom stereocenters. The van der Waals surface area contributed by atoms with Crippen LogP contribution in [0.3, 0.4) is 0 Å². The fourth-order valence-electron chi connectivity index (χ4n) is 0.345. The van der Waals surface area contributed by atoms with Crippen molar-refractivity contribution in [3.8, 4) is 0 Å². The van der Waals surface area contributed by atoms with Gasteiger partial charge in [-0.15, -0.1) is 5.73 Å². The lowest BCUT2D eigenvalue weighted by molar-refractivity contribution is 1.74. The summed E-state index contributed by atoms with van der Waals surface area (Å²) in [6, 6.07) is 0. The third kappa shape index (κ3) is 4.50. The summed E-state index contributed by atoms with van der Waals surface area (Å²) in [7, 11) is -1.13. The van der Waals surface area contributed by atoms with E-state index in [4.69, 9.17) is 0 Å². The van der Waals surface area contributed by atoms with Crippen LogP contribution in [0.15, 0.2) is 15.9 Å². The first kappa shape index (κ1) is 10.7. The normalized spacial score (nSPS) is 10.5. The van der Waals surface area contributed by atoms with Crippen molar-refractivity contribution in [1.82, 2.24) is 0 Å². The molecule has 0 amide bonds. The highest BCUT2D eigenvalue weighted by atomic mass is 79.9. The first-order valence-corrected chi connectivity index (χ1v) is 8.57. The zero-order chi connectivity index (χ0) is 8.20. The van der Waals surface area contributed by atoms with E-state index >= 15 is 0 Å². The minimum absolute atomic E-state index is 0.882. The first-order valence-electron chi connectivity index (χ1n) is 3.15. The monoisotopic (exact) mass is 282 g/mol. The van der Waals surface area contributed by atoms with Crippen molar-refractivity contribution in [2.75, 3.05) is 5.33 Å². The molecule has 0 fully saturated rings. The predicted molar refractivity (Wildman–Crippen MR) is 57.7 cm³/mol. The SMILES string of the molecule is C[Si](C)(C)C(Br)=C=CCBr. The molecule has 0 nitrogen and oxygen atoms in total. The van der Waals surface area contributed by atoms with Crippen molar-refractivity contribution in [3.05, 3.63) is 15.9 Å². The molecule has 0 aliphatic rings. The quantitative estimate of drug-likeness (QED) is 0.412.